The minimum Gasteiger partial charge on any atom is -0.497 e. The first-order valence-corrected chi connectivity index (χ1v) is 7.99. The summed E-state index contributed by atoms with van der Waals surface area (Å²) in [6, 6.07) is 7.57. The van der Waals surface area contributed by atoms with Crippen molar-refractivity contribution >= 4 is 40.7 Å². The molecule has 0 bridgehead atoms. The zero-order chi connectivity index (χ0) is 15.2. The third-order valence-electron chi connectivity index (χ3n) is 3.14. The highest BCUT2D eigenvalue weighted by atomic mass is 32.2. The molecule has 0 amide bonds. The second-order valence-corrected chi connectivity index (χ2v) is 6.19. The Morgan fingerprint density at radius 1 is 1.48 bits per heavy atom. The van der Waals surface area contributed by atoms with Crippen LogP contribution in [-0.2, 0) is 9.53 Å². The zero-order valence-electron chi connectivity index (χ0n) is 12.0. The van der Waals surface area contributed by atoms with Crippen molar-refractivity contribution in [1.29, 1.82) is 0 Å². The number of nitrogens with zero attached hydrogens (tertiary/aromatic N) is 1. The summed E-state index contributed by atoms with van der Waals surface area (Å²) in [5, 5.41) is 3.60. The van der Waals surface area contributed by atoms with E-state index in [1.54, 1.807) is 18.9 Å². The monoisotopic (exact) mass is 326 g/mol. The third kappa shape index (κ3) is 4.25. The molecule has 1 aliphatic rings. The summed E-state index contributed by atoms with van der Waals surface area (Å²) in [6.45, 7) is 1.38. The molecular formula is C14H18N2O3S2. The Labute approximate surface area is 134 Å². The van der Waals surface area contributed by atoms with Gasteiger partial charge in [-0.2, -0.15) is 0 Å². The van der Waals surface area contributed by atoms with E-state index in [1.165, 1.54) is 7.11 Å². The van der Waals surface area contributed by atoms with Crippen LogP contribution in [0.15, 0.2) is 24.3 Å². The number of anilines is 1. The Balaban J connectivity index is 1.97. The van der Waals surface area contributed by atoms with E-state index < -0.39 is 0 Å². The summed E-state index contributed by atoms with van der Waals surface area (Å²) < 4.78 is 9.98. The van der Waals surface area contributed by atoms with Crippen LogP contribution >= 0.6 is 24.0 Å². The van der Waals surface area contributed by atoms with Crippen LogP contribution < -0.4 is 10.1 Å². The molecule has 1 heterocycles. The maximum absolute atomic E-state index is 11.6. The van der Waals surface area contributed by atoms with Crippen LogP contribution in [-0.4, -0.2) is 54.3 Å². The number of esters is 1. The van der Waals surface area contributed by atoms with Crippen molar-refractivity contribution < 1.29 is 14.3 Å². The smallest absolute Gasteiger partial charge is 0.320 e. The van der Waals surface area contributed by atoms with E-state index in [9.17, 15) is 4.79 Å². The van der Waals surface area contributed by atoms with Crippen molar-refractivity contribution in [2.24, 2.45) is 0 Å². The summed E-state index contributed by atoms with van der Waals surface area (Å²) in [6.07, 6.45) is 0. The lowest BCUT2D eigenvalue weighted by Gasteiger charge is -2.33. The molecule has 7 heteroatoms. The van der Waals surface area contributed by atoms with Gasteiger partial charge in [0.15, 0.2) is 5.11 Å². The van der Waals surface area contributed by atoms with Crippen LogP contribution in [0.1, 0.15) is 0 Å². The minimum atomic E-state index is -0.200. The number of benzene rings is 1. The van der Waals surface area contributed by atoms with Crippen LogP contribution in [0.25, 0.3) is 0 Å². The molecule has 0 aliphatic carbocycles. The Kier molecular flexibility index (Phi) is 5.69. The normalized spacial score (nSPS) is 18.0. The average Bonchev–Trinajstić information content (AvgIpc) is 2.54. The van der Waals surface area contributed by atoms with E-state index in [1.807, 2.05) is 29.2 Å². The molecule has 1 saturated heterocycles. The Hall–Kier alpha value is -1.47. The number of carbonyl (C=O) groups excluding carboxylic acids is 1. The maximum atomic E-state index is 11.6. The quantitative estimate of drug-likeness (QED) is 0.673. The van der Waals surface area contributed by atoms with Gasteiger partial charge in [-0.15, -0.1) is 11.8 Å². The van der Waals surface area contributed by atoms with E-state index in [0.717, 1.165) is 23.7 Å². The molecule has 21 heavy (non-hydrogen) atoms. The second-order valence-electron chi connectivity index (χ2n) is 4.49. The number of rotatable bonds is 3. The molecular weight excluding hydrogens is 308 g/mol. The topological polar surface area (TPSA) is 50.8 Å². The standard InChI is InChI=1S/C14H18N2O3S2/c1-18-11-5-3-4-10(8-11)15-14(20)16-6-7-21-12(9-16)13(17)19-2/h3-5,8,12H,6-7,9H2,1-2H3,(H,15,20)/t12-/m0/s1. The van der Waals surface area contributed by atoms with Crippen molar-refractivity contribution in [2.45, 2.75) is 5.25 Å². The van der Waals surface area contributed by atoms with E-state index in [-0.39, 0.29) is 11.2 Å². The molecule has 0 unspecified atom stereocenters. The van der Waals surface area contributed by atoms with Gasteiger partial charge in [-0.25, -0.2) is 0 Å². The van der Waals surface area contributed by atoms with Crippen molar-refractivity contribution in [2.75, 3.05) is 38.4 Å². The van der Waals surface area contributed by atoms with Crippen LogP contribution in [0.5, 0.6) is 5.75 Å². The Morgan fingerprint density at radius 2 is 2.29 bits per heavy atom. The van der Waals surface area contributed by atoms with Crippen molar-refractivity contribution in [1.82, 2.24) is 4.90 Å². The van der Waals surface area contributed by atoms with Gasteiger partial charge in [-0.3, -0.25) is 4.79 Å². The molecule has 0 radical (unpaired) electrons. The first-order valence-electron chi connectivity index (χ1n) is 6.53. The van der Waals surface area contributed by atoms with Gasteiger partial charge < -0.3 is 19.7 Å². The van der Waals surface area contributed by atoms with E-state index >= 15 is 0 Å². The molecule has 0 spiro atoms. The average molecular weight is 326 g/mol. The van der Waals surface area contributed by atoms with Gasteiger partial charge in [0.2, 0.25) is 0 Å². The fourth-order valence-electron chi connectivity index (χ4n) is 2.01. The van der Waals surface area contributed by atoms with Crippen molar-refractivity contribution in [3.63, 3.8) is 0 Å². The molecule has 1 aromatic carbocycles. The molecule has 5 nitrogen and oxygen atoms in total. The van der Waals surface area contributed by atoms with Crippen LogP contribution in [0.3, 0.4) is 0 Å². The predicted octanol–water partition coefficient (Wildman–Crippen LogP) is 1.98. The number of hydrogen-bond donors (Lipinski definition) is 1. The second kappa shape index (κ2) is 7.51. The fraction of sp³-hybridized carbons (Fsp3) is 0.429. The molecule has 114 valence electrons. The van der Waals surface area contributed by atoms with Crippen LogP contribution in [0.4, 0.5) is 5.69 Å². The van der Waals surface area contributed by atoms with Crippen molar-refractivity contribution in [3.8, 4) is 5.75 Å². The fourth-order valence-corrected chi connectivity index (χ4v) is 3.42. The maximum Gasteiger partial charge on any atom is 0.320 e. The number of methoxy groups -OCH3 is 2. The molecule has 1 fully saturated rings. The summed E-state index contributed by atoms with van der Waals surface area (Å²) in [4.78, 5) is 13.6. The summed E-state index contributed by atoms with van der Waals surface area (Å²) in [7, 11) is 3.04. The highest BCUT2D eigenvalue weighted by molar-refractivity contribution is 8.00. The molecule has 2 rings (SSSR count). The van der Waals surface area contributed by atoms with E-state index in [4.69, 9.17) is 21.7 Å². The van der Waals surface area contributed by atoms with E-state index in [0.29, 0.717) is 11.7 Å². The molecule has 1 N–H and O–H groups in total. The van der Waals surface area contributed by atoms with Gasteiger partial charge in [0.1, 0.15) is 11.0 Å². The van der Waals surface area contributed by atoms with Crippen LogP contribution in [0, 0.1) is 0 Å². The lowest BCUT2D eigenvalue weighted by atomic mass is 10.3. The lowest BCUT2D eigenvalue weighted by molar-refractivity contribution is -0.140. The van der Waals surface area contributed by atoms with Gasteiger partial charge in [-0.1, -0.05) is 6.07 Å². The van der Waals surface area contributed by atoms with Crippen LogP contribution in [0.2, 0.25) is 0 Å². The molecule has 1 aliphatic heterocycles. The number of thioether (sulfide) groups is 1. The molecule has 0 aromatic heterocycles. The largest absolute Gasteiger partial charge is 0.497 e. The lowest BCUT2D eigenvalue weighted by Crippen LogP contribution is -2.46. The minimum absolute atomic E-state index is 0.186. The number of carbonyl (C=O) groups is 1. The Bertz CT molecular complexity index is 525. The zero-order valence-corrected chi connectivity index (χ0v) is 13.6. The first kappa shape index (κ1) is 15.9. The SMILES string of the molecule is COC(=O)[C@@H]1CN(C(=S)Nc2cccc(OC)c2)CCS1. The summed E-state index contributed by atoms with van der Waals surface area (Å²) in [5.74, 6) is 1.41. The highest BCUT2D eigenvalue weighted by Crippen LogP contribution is 2.22. The summed E-state index contributed by atoms with van der Waals surface area (Å²) in [5.41, 5.74) is 0.868. The number of nitrogens with one attached hydrogen (secondary N) is 1. The number of ether oxygens (including phenoxy) is 2. The van der Waals surface area contributed by atoms with Gasteiger partial charge in [-0.05, 0) is 24.4 Å². The van der Waals surface area contributed by atoms with Gasteiger partial charge in [0.25, 0.3) is 0 Å². The number of thiocarbonyl (C=S) groups is 1. The predicted molar refractivity (Wildman–Crippen MR) is 89.0 cm³/mol. The van der Waals surface area contributed by atoms with E-state index in [2.05, 4.69) is 5.32 Å². The molecule has 1 aromatic rings. The Morgan fingerprint density at radius 3 is 3.00 bits per heavy atom. The van der Waals surface area contributed by atoms with Gasteiger partial charge >= 0.3 is 5.97 Å². The summed E-state index contributed by atoms with van der Waals surface area (Å²) >= 11 is 7.03. The van der Waals surface area contributed by atoms with Gasteiger partial charge in [0.05, 0.1) is 14.2 Å². The van der Waals surface area contributed by atoms with Crippen molar-refractivity contribution in [3.05, 3.63) is 24.3 Å². The highest BCUT2D eigenvalue weighted by Gasteiger charge is 2.28. The third-order valence-corrected chi connectivity index (χ3v) is 4.66. The molecule has 1 atom stereocenters. The molecule has 0 saturated carbocycles. The first-order chi connectivity index (χ1) is 10.1. The van der Waals surface area contributed by atoms with Gasteiger partial charge in [0, 0.05) is 30.6 Å². The number of hydrogen-bond acceptors (Lipinski definition) is 5.